The van der Waals surface area contributed by atoms with Crippen molar-refractivity contribution in [3.8, 4) is 28.4 Å². The molecule has 0 spiro atoms. The van der Waals surface area contributed by atoms with Crippen molar-refractivity contribution in [2.45, 2.75) is 29.0 Å². The van der Waals surface area contributed by atoms with Gasteiger partial charge in [-0.15, -0.1) is 11.8 Å². The summed E-state index contributed by atoms with van der Waals surface area (Å²) in [5, 5.41) is 0.543. The molecule has 1 amide bonds. The van der Waals surface area contributed by atoms with Gasteiger partial charge in [0, 0.05) is 23.0 Å². The number of thioether (sulfide) groups is 1. The second-order valence-electron chi connectivity index (χ2n) is 8.34. The number of alkyl halides is 1. The van der Waals surface area contributed by atoms with Crippen molar-refractivity contribution in [3.05, 3.63) is 75.2 Å². The second kappa shape index (κ2) is 11.9. The number of fused-ring (bicyclic) bond motifs is 3. The maximum Gasteiger partial charge on any atom is 0.295 e. The molecular weight excluding hydrogens is 556 g/mol. The molecule has 7 nitrogen and oxygen atoms in total. The van der Waals surface area contributed by atoms with Gasteiger partial charge in [0.1, 0.15) is 5.69 Å². The molecule has 37 heavy (non-hydrogen) atoms. The van der Waals surface area contributed by atoms with E-state index in [4.69, 9.17) is 14.2 Å². The summed E-state index contributed by atoms with van der Waals surface area (Å²) in [6.07, 6.45) is 4.78. The Kier molecular flexibility index (Phi) is 8.66. The van der Waals surface area contributed by atoms with E-state index in [1.165, 1.54) is 11.8 Å². The first kappa shape index (κ1) is 26.9. The third-order valence-corrected chi connectivity index (χ3v) is 7.65. The van der Waals surface area contributed by atoms with Crippen LogP contribution < -0.4 is 19.6 Å². The summed E-state index contributed by atoms with van der Waals surface area (Å²) >= 11 is 4.76. The van der Waals surface area contributed by atoms with Crippen molar-refractivity contribution in [1.29, 1.82) is 0 Å². The minimum absolute atomic E-state index is 0.0898. The largest absolute Gasteiger partial charge is 0.493 e. The van der Waals surface area contributed by atoms with Crippen LogP contribution in [0.4, 0.5) is 0 Å². The van der Waals surface area contributed by atoms with E-state index in [9.17, 15) is 9.59 Å². The van der Waals surface area contributed by atoms with E-state index in [2.05, 4.69) is 25.9 Å². The van der Waals surface area contributed by atoms with E-state index in [0.29, 0.717) is 40.3 Å². The lowest BCUT2D eigenvalue weighted by Gasteiger charge is -2.19. The van der Waals surface area contributed by atoms with Gasteiger partial charge in [0.15, 0.2) is 16.9 Å². The molecule has 1 aliphatic carbocycles. The Morgan fingerprint density at radius 1 is 1.14 bits per heavy atom. The first-order chi connectivity index (χ1) is 17.9. The number of halogens is 1. The minimum Gasteiger partial charge on any atom is -0.493 e. The summed E-state index contributed by atoms with van der Waals surface area (Å²) in [7, 11) is 4.74. The van der Waals surface area contributed by atoms with Gasteiger partial charge in [-0.05, 0) is 66.1 Å². The Balaban J connectivity index is 1.90. The lowest BCUT2D eigenvalue weighted by molar-refractivity contribution is 0.0998. The number of benzene rings is 1. The fourth-order valence-electron chi connectivity index (χ4n) is 4.55. The van der Waals surface area contributed by atoms with Gasteiger partial charge in [0.2, 0.25) is 5.75 Å². The Hall–Kier alpha value is -3.17. The smallest absolute Gasteiger partial charge is 0.295 e. The molecule has 0 N–H and O–H groups in total. The van der Waals surface area contributed by atoms with E-state index in [0.717, 1.165) is 27.9 Å². The number of aryl methyl sites for hydroxylation is 1. The summed E-state index contributed by atoms with van der Waals surface area (Å²) < 4.78 is 17.1. The number of rotatable bonds is 7. The molecule has 0 fully saturated rings. The van der Waals surface area contributed by atoms with Crippen LogP contribution in [0.15, 0.2) is 57.1 Å². The molecule has 1 atom stereocenters. The number of amides is 1. The number of methoxy groups -OCH3 is 3. The third-order valence-electron chi connectivity index (χ3n) is 6.30. The number of aliphatic imine (C=N–C) groups is 1. The molecule has 2 aromatic carbocycles. The molecule has 1 aromatic heterocycles. The quantitative estimate of drug-likeness (QED) is 0.201. The molecule has 1 aliphatic rings. The molecule has 0 bridgehead atoms. The number of nitrogens with zero attached hydrogens (tertiary/aromatic N) is 2. The van der Waals surface area contributed by atoms with Gasteiger partial charge < -0.3 is 14.2 Å². The lowest BCUT2D eigenvalue weighted by atomic mass is 9.93. The van der Waals surface area contributed by atoms with E-state index in [-0.39, 0.29) is 17.0 Å². The van der Waals surface area contributed by atoms with Crippen LogP contribution in [-0.2, 0) is 11.8 Å². The van der Waals surface area contributed by atoms with Crippen LogP contribution in [0.1, 0.15) is 39.6 Å². The van der Waals surface area contributed by atoms with Crippen molar-refractivity contribution in [2.24, 2.45) is 4.99 Å². The van der Waals surface area contributed by atoms with E-state index in [1.807, 2.05) is 30.5 Å². The summed E-state index contributed by atoms with van der Waals surface area (Å²) in [4.78, 5) is 35.2. The molecule has 9 heteroatoms. The van der Waals surface area contributed by atoms with Crippen LogP contribution in [0, 0.1) is 0 Å². The number of carbonyl (C=O) groups excluding carboxylic acids is 1. The van der Waals surface area contributed by atoms with Crippen molar-refractivity contribution in [1.82, 2.24) is 4.98 Å². The summed E-state index contributed by atoms with van der Waals surface area (Å²) in [6.45, 7) is 0. The maximum atomic E-state index is 13.1. The standard InChI is InChI=1S/C28H27BrN2O5S/c1-34-23-12-16-8-9-17(15-30-28(33)21-7-5-6-18(14-29)31-21)20-13-22(32)24(37-4)11-10-19(20)25(16)27(36-3)26(23)35-2/h5-7,10-13,15,17H,8-9,14H2,1-4H3. The van der Waals surface area contributed by atoms with Gasteiger partial charge in [0.25, 0.3) is 5.91 Å². The van der Waals surface area contributed by atoms with Gasteiger partial charge in [0.05, 0.1) is 31.9 Å². The van der Waals surface area contributed by atoms with Crippen molar-refractivity contribution in [3.63, 3.8) is 0 Å². The zero-order chi connectivity index (χ0) is 26.5. The zero-order valence-corrected chi connectivity index (χ0v) is 23.4. The number of ether oxygens (including phenoxy) is 3. The third kappa shape index (κ3) is 5.43. The summed E-state index contributed by atoms with van der Waals surface area (Å²) in [5.41, 5.74) is 4.36. The molecule has 3 aromatic rings. The van der Waals surface area contributed by atoms with Crippen LogP contribution in [-0.4, -0.2) is 44.7 Å². The summed E-state index contributed by atoms with van der Waals surface area (Å²) in [6, 6.07) is 12.6. The van der Waals surface area contributed by atoms with Crippen molar-refractivity contribution >= 4 is 39.8 Å². The highest BCUT2D eigenvalue weighted by molar-refractivity contribution is 9.08. The van der Waals surface area contributed by atoms with E-state index >= 15 is 0 Å². The predicted octanol–water partition coefficient (Wildman–Crippen LogP) is 5.69. The summed E-state index contributed by atoms with van der Waals surface area (Å²) in [5.74, 6) is 0.858. The average molecular weight is 584 g/mol. The molecule has 1 unspecified atom stereocenters. The van der Waals surface area contributed by atoms with E-state index < -0.39 is 5.91 Å². The Bertz CT molecular complexity index is 1430. The lowest BCUT2D eigenvalue weighted by Crippen LogP contribution is -2.07. The van der Waals surface area contributed by atoms with Gasteiger partial charge in [-0.1, -0.05) is 28.1 Å². The number of aromatic nitrogens is 1. The molecule has 4 rings (SSSR count). The molecular formula is C28H27BrN2O5S. The number of pyridine rings is 1. The number of hydrogen-bond acceptors (Lipinski definition) is 7. The minimum atomic E-state index is -0.431. The normalized spacial score (nSPS) is 14.5. The fourth-order valence-corrected chi connectivity index (χ4v) is 5.32. The van der Waals surface area contributed by atoms with Gasteiger partial charge in [-0.25, -0.2) is 9.98 Å². The van der Waals surface area contributed by atoms with Crippen molar-refractivity contribution in [2.75, 3.05) is 27.6 Å². The van der Waals surface area contributed by atoms with Gasteiger partial charge >= 0.3 is 0 Å². The van der Waals surface area contributed by atoms with Crippen LogP contribution in [0.5, 0.6) is 17.2 Å². The average Bonchev–Trinajstić information content (AvgIpc) is 3.18. The molecule has 192 valence electrons. The number of carbonyl (C=O) groups is 1. The first-order valence-electron chi connectivity index (χ1n) is 11.6. The maximum absolute atomic E-state index is 13.1. The zero-order valence-electron chi connectivity index (χ0n) is 21.0. The molecule has 0 radical (unpaired) electrons. The van der Waals surface area contributed by atoms with Gasteiger partial charge in [-0.2, -0.15) is 0 Å². The first-order valence-corrected chi connectivity index (χ1v) is 13.9. The molecule has 0 saturated carbocycles. The Labute approximate surface area is 228 Å². The SMILES string of the molecule is COc1cc2c(c(OC)c1OC)-c1ccc(SC)c(=O)cc1C(C=NC(=O)c1cccc(CBr)n1)CC2. The van der Waals surface area contributed by atoms with E-state index in [1.54, 1.807) is 45.7 Å². The molecule has 0 saturated heterocycles. The van der Waals surface area contributed by atoms with Crippen molar-refractivity contribution < 1.29 is 19.0 Å². The Morgan fingerprint density at radius 3 is 2.59 bits per heavy atom. The van der Waals surface area contributed by atoms with Crippen LogP contribution in [0.3, 0.4) is 0 Å². The highest BCUT2D eigenvalue weighted by Gasteiger charge is 2.28. The van der Waals surface area contributed by atoms with Crippen LogP contribution in [0.25, 0.3) is 11.1 Å². The topological polar surface area (TPSA) is 87.1 Å². The highest BCUT2D eigenvalue weighted by atomic mass is 79.9. The molecule has 1 heterocycles. The fraction of sp³-hybridized carbons (Fsp3) is 0.286. The number of hydrogen-bond donors (Lipinski definition) is 0. The van der Waals surface area contributed by atoms with Crippen LogP contribution >= 0.6 is 27.7 Å². The second-order valence-corrected chi connectivity index (χ2v) is 9.74. The predicted molar refractivity (Wildman–Crippen MR) is 150 cm³/mol. The highest BCUT2D eigenvalue weighted by Crippen LogP contribution is 2.50. The van der Waals surface area contributed by atoms with Gasteiger partial charge in [-0.3, -0.25) is 9.59 Å². The monoisotopic (exact) mass is 582 g/mol. The van der Waals surface area contributed by atoms with Crippen LogP contribution in [0.2, 0.25) is 0 Å². The Morgan fingerprint density at radius 2 is 1.92 bits per heavy atom. The molecule has 0 aliphatic heterocycles.